The summed E-state index contributed by atoms with van der Waals surface area (Å²) in [6.45, 7) is 5.69. The molecule has 1 aromatic rings. The lowest BCUT2D eigenvalue weighted by Gasteiger charge is -2.16. The Labute approximate surface area is 128 Å². The van der Waals surface area contributed by atoms with Crippen LogP contribution in [-0.4, -0.2) is 58.6 Å². The topological polar surface area (TPSA) is 58.6 Å². The van der Waals surface area contributed by atoms with Crippen LogP contribution in [-0.2, 0) is 16.4 Å². The van der Waals surface area contributed by atoms with Crippen molar-refractivity contribution in [2.24, 2.45) is 0 Å². The van der Waals surface area contributed by atoms with E-state index in [9.17, 15) is 8.42 Å². The molecule has 120 valence electrons. The number of nitrogens with zero attached hydrogens (tertiary/aromatic N) is 1. The summed E-state index contributed by atoms with van der Waals surface area (Å²) in [6, 6.07) is 8.02. The summed E-state index contributed by atoms with van der Waals surface area (Å²) < 4.78 is 27.8. The Balaban J connectivity index is 2.25. The monoisotopic (exact) mass is 314 g/mol. The van der Waals surface area contributed by atoms with Crippen molar-refractivity contribution in [1.82, 2.24) is 10.2 Å². The van der Waals surface area contributed by atoms with Crippen LogP contribution in [0.25, 0.3) is 0 Å². The van der Waals surface area contributed by atoms with E-state index in [0.29, 0.717) is 19.7 Å². The van der Waals surface area contributed by atoms with Crippen LogP contribution >= 0.6 is 0 Å². The molecule has 0 atom stereocenters. The largest absolute Gasteiger partial charge is 0.492 e. The Bertz CT molecular complexity index is 500. The van der Waals surface area contributed by atoms with Crippen LogP contribution in [0.4, 0.5) is 0 Å². The highest BCUT2D eigenvalue weighted by Crippen LogP contribution is 2.12. The fraction of sp³-hybridized carbons (Fsp3) is 0.600. The molecule has 0 fully saturated rings. The number of sulfone groups is 1. The van der Waals surface area contributed by atoms with Crippen LogP contribution in [0.5, 0.6) is 5.75 Å². The number of hydrogen-bond acceptors (Lipinski definition) is 5. The molecule has 0 radical (unpaired) electrons. The van der Waals surface area contributed by atoms with Gasteiger partial charge >= 0.3 is 0 Å². The summed E-state index contributed by atoms with van der Waals surface area (Å²) >= 11 is 0. The van der Waals surface area contributed by atoms with Crippen molar-refractivity contribution in [3.8, 4) is 5.75 Å². The van der Waals surface area contributed by atoms with Crippen LogP contribution in [0, 0.1) is 0 Å². The summed E-state index contributed by atoms with van der Waals surface area (Å²) in [7, 11) is -1.00. The molecule has 0 saturated carbocycles. The highest BCUT2D eigenvalue weighted by atomic mass is 32.2. The van der Waals surface area contributed by atoms with Gasteiger partial charge in [-0.2, -0.15) is 0 Å². The normalized spacial score (nSPS) is 11.8. The standard InChI is InChI=1S/C15H26N2O3S/c1-4-16-13-14-5-7-15(8-6-14)20-11-9-17(2)10-12-21(3,18)19/h5-8,16H,4,9-13H2,1-3H3. The summed E-state index contributed by atoms with van der Waals surface area (Å²) in [5.41, 5.74) is 1.23. The number of benzene rings is 1. The van der Waals surface area contributed by atoms with E-state index in [1.807, 2.05) is 36.2 Å². The highest BCUT2D eigenvalue weighted by molar-refractivity contribution is 7.90. The van der Waals surface area contributed by atoms with Gasteiger partial charge in [0.05, 0.1) is 5.75 Å². The number of nitrogens with one attached hydrogen (secondary N) is 1. The molecule has 21 heavy (non-hydrogen) atoms. The molecule has 1 N–H and O–H groups in total. The molecular weight excluding hydrogens is 288 g/mol. The van der Waals surface area contributed by atoms with Gasteiger partial charge in [0, 0.05) is 25.9 Å². The van der Waals surface area contributed by atoms with Gasteiger partial charge in [0.1, 0.15) is 22.2 Å². The average Bonchev–Trinajstić information content (AvgIpc) is 2.43. The van der Waals surface area contributed by atoms with Gasteiger partial charge in [0.25, 0.3) is 0 Å². The molecule has 0 aliphatic heterocycles. The summed E-state index contributed by atoms with van der Waals surface area (Å²) in [4.78, 5) is 1.96. The minimum atomic E-state index is -2.90. The van der Waals surface area contributed by atoms with E-state index in [2.05, 4.69) is 12.2 Å². The van der Waals surface area contributed by atoms with Crippen molar-refractivity contribution in [1.29, 1.82) is 0 Å². The van der Waals surface area contributed by atoms with E-state index in [-0.39, 0.29) is 5.75 Å². The van der Waals surface area contributed by atoms with E-state index in [1.165, 1.54) is 11.8 Å². The van der Waals surface area contributed by atoms with Crippen LogP contribution < -0.4 is 10.1 Å². The van der Waals surface area contributed by atoms with E-state index >= 15 is 0 Å². The van der Waals surface area contributed by atoms with Crippen molar-refractivity contribution in [2.75, 3.05) is 45.3 Å². The van der Waals surface area contributed by atoms with Gasteiger partial charge in [-0.3, -0.25) is 0 Å². The quantitative estimate of drug-likeness (QED) is 0.702. The summed E-state index contributed by atoms with van der Waals surface area (Å²) in [5.74, 6) is 1.02. The molecular formula is C15H26N2O3S. The smallest absolute Gasteiger partial charge is 0.148 e. The van der Waals surface area contributed by atoms with Crippen molar-refractivity contribution in [3.05, 3.63) is 29.8 Å². The first kappa shape index (κ1) is 17.9. The van der Waals surface area contributed by atoms with Crippen LogP contribution in [0.2, 0.25) is 0 Å². The summed E-state index contributed by atoms with van der Waals surface area (Å²) in [6.07, 6.45) is 1.26. The molecule has 0 heterocycles. The zero-order valence-electron chi connectivity index (χ0n) is 13.1. The first-order valence-electron chi connectivity index (χ1n) is 7.19. The second kappa shape index (κ2) is 9.02. The van der Waals surface area contributed by atoms with Gasteiger partial charge < -0.3 is 15.0 Å². The maximum atomic E-state index is 11.1. The van der Waals surface area contributed by atoms with Gasteiger partial charge in [-0.25, -0.2) is 8.42 Å². The minimum Gasteiger partial charge on any atom is -0.492 e. The van der Waals surface area contributed by atoms with E-state index < -0.39 is 9.84 Å². The number of likely N-dealkylation sites (N-methyl/N-ethyl adjacent to an activating group) is 1. The van der Waals surface area contributed by atoms with E-state index in [1.54, 1.807) is 0 Å². The lowest BCUT2D eigenvalue weighted by molar-refractivity contribution is 0.244. The third-order valence-corrected chi connectivity index (χ3v) is 4.01. The van der Waals surface area contributed by atoms with Crippen molar-refractivity contribution in [3.63, 3.8) is 0 Å². The van der Waals surface area contributed by atoms with Gasteiger partial charge in [0.2, 0.25) is 0 Å². The zero-order valence-corrected chi connectivity index (χ0v) is 13.9. The van der Waals surface area contributed by atoms with Crippen LogP contribution in [0.15, 0.2) is 24.3 Å². The predicted octanol–water partition coefficient (Wildman–Crippen LogP) is 1.15. The third-order valence-electron chi connectivity index (χ3n) is 3.09. The molecule has 6 heteroatoms. The Morgan fingerprint density at radius 2 is 1.86 bits per heavy atom. The second-order valence-electron chi connectivity index (χ2n) is 5.21. The number of rotatable bonds is 10. The van der Waals surface area contributed by atoms with Crippen LogP contribution in [0.3, 0.4) is 0 Å². The molecule has 0 aliphatic rings. The maximum absolute atomic E-state index is 11.1. The fourth-order valence-corrected chi connectivity index (χ4v) is 2.37. The number of hydrogen-bond donors (Lipinski definition) is 1. The molecule has 1 rings (SSSR count). The molecule has 5 nitrogen and oxygen atoms in total. The third kappa shape index (κ3) is 8.70. The number of ether oxygens (including phenoxy) is 1. The Morgan fingerprint density at radius 3 is 2.43 bits per heavy atom. The van der Waals surface area contributed by atoms with Gasteiger partial charge in [-0.1, -0.05) is 19.1 Å². The first-order chi connectivity index (χ1) is 9.90. The van der Waals surface area contributed by atoms with Crippen LogP contribution in [0.1, 0.15) is 12.5 Å². The molecule has 0 spiro atoms. The Hall–Kier alpha value is -1.11. The van der Waals surface area contributed by atoms with Crippen molar-refractivity contribution in [2.45, 2.75) is 13.5 Å². The fourth-order valence-electron chi connectivity index (χ4n) is 1.73. The molecule has 0 aromatic heterocycles. The molecule has 1 aromatic carbocycles. The second-order valence-corrected chi connectivity index (χ2v) is 7.47. The highest BCUT2D eigenvalue weighted by Gasteiger charge is 2.05. The molecule has 0 amide bonds. The maximum Gasteiger partial charge on any atom is 0.148 e. The predicted molar refractivity (Wildman–Crippen MR) is 86.5 cm³/mol. The van der Waals surface area contributed by atoms with Crippen molar-refractivity contribution >= 4 is 9.84 Å². The first-order valence-corrected chi connectivity index (χ1v) is 9.25. The zero-order chi connectivity index (χ0) is 15.7. The van der Waals surface area contributed by atoms with E-state index in [4.69, 9.17) is 4.74 Å². The molecule has 0 saturated heterocycles. The SMILES string of the molecule is CCNCc1ccc(OCCN(C)CCS(C)(=O)=O)cc1. The molecule has 0 aliphatic carbocycles. The lowest BCUT2D eigenvalue weighted by atomic mass is 10.2. The lowest BCUT2D eigenvalue weighted by Crippen LogP contribution is -2.29. The molecule has 0 unspecified atom stereocenters. The van der Waals surface area contributed by atoms with Gasteiger partial charge in [0.15, 0.2) is 0 Å². The Morgan fingerprint density at radius 1 is 1.19 bits per heavy atom. The van der Waals surface area contributed by atoms with Gasteiger partial charge in [-0.05, 0) is 31.3 Å². The molecule has 0 bridgehead atoms. The van der Waals surface area contributed by atoms with Gasteiger partial charge in [-0.15, -0.1) is 0 Å². The minimum absolute atomic E-state index is 0.183. The summed E-state index contributed by atoms with van der Waals surface area (Å²) in [5, 5.41) is 3.27. The Kier molecular flexibility index (Phi) is 7.71. The average molecular weight is 314 g/mol. The van der Waals surface area contributed by atoms with Crippen molar-refractivity contribution < 1.29 is 13.2 Å². The van der Waals surface area contributed by atoms with E-state index in [0.717, 1.165) is 18.8 Å².